The Morgan fingerprint density at radius 3 is 2.48 bits per heavy atom. The molecular weight excluding hydrogens is 295 g/mol. The van der Waals surface area contributed by atoms with Crippen molar-refractivity contribution in [1.29, 1.82) is 0 Å². The first-order valence-electron chi connectivity index (χ1n) is 7.24. The summed E-state index contributed by atoms with van der Waals surface area (Å²) in [6.45, 7) is 2.20. The van der Waals surface area contributed by atoms with Gasteiger partial charge in [0.1, 0.15) is 11.6 Å². The lowest BCUT2D eigenvalue weighted by Gasteiger charge is -2.36. The zero-order chi connectivity index (χ0) is 15.3. The molecule has 2 unspecified atom stereocenters. The average Bonchev–Trinajstić information content (AvgIpc) is 2.59. The van der Waals surface area contributed by atoms with E-state index in [0.717, 1.165) is 0 Å². The van der Waals surface area contributed by atoms with Crippen molar-refractivity contribution in [2.75, 3.05) is 6.61 Å². The number of hydrogen-bond acceptors (Lipinski definition) is 4. The lowest BCUT2D eigenvalue weighted by molar-refractivity contribution is 0.0168. The van der Waals surface area contributed by atoms with Gasteiger partial charge < -0.3 is 9.84 Å². The Morgan fingerprint density at radius 1 is 1.29 bits per heavy atom. The highest BCUT2D eigenvalue weighted by Crippen LogP contribution is 2.48. The molecule has 1 N–H and O–H groups in total. The fraction of sp³-hybridized carbons (Fsp3) is 0.600. The average molecular weight is 314 g/mol. The van der Waals surface area contributed by atoms with Gasteiger partial charge in [0.2, 0.25) is 0 Å². The SMILES string of the molecule is CCOc1cc(F)cc(C2(O)CC3CCC(C2)S3(=O)=O)c1. The molecule has 0 spiro atoms. The Kier molecular flexibility index (Phi) is 3.48. The van der Waals surface area contributed by atoms with Crippen molar-refractivity contribution in [3.05, 3.63) is 29.6 Å². The van der Waals surface area contributed by atoms with Gasteiger partial charge in [-0.3, -0.25) is 0 Å². The first kappa shape index (κ1) is 14.8. The maximum atomic E-state index is 13.7. The van der Waals surface area contributed by atoms with Crippen LogP contribution in [0.25, 0.3) is 0 Å². The highest BCUT2D eigenvalue weighted by Gasteiger charge is 2.53. The molecule has 116 valence electrons. The van der Waals surface area contributed by atoms with E-state index in [9.17, 15) is 17.9 Å². The number of halogens is 1. The lowest BCUT2D eigenvalue weighted by atomic mass is 9.85. The molecule has 2 heterocycles. The maximum Gasteiger partial charge on any atom is 0.156 e. The van der Waals surface area contributed by atoms with E-state index >= 15 is 0 Å². The minimum atomic E-state index is -3.12. The summed E-state index contributed by atoms with van der Waals surface area (Å²) in [4.78, 5) is 0. The van der Waals surface area contributed by atoms with Crippen LogP contribution in [0, 0.1) is 5.82 Å². The van der Waals surface area contributed by atoms with Crippen molar-refractivity contribution in [3.8, 4) is 5.75 Å². The molecule has 2 fully saturated rings. The fourth-order valence-electron chi connectivity index (χ4n) is 3.56. The van der Waals surface area contributed by atoms with Crippen LogP contribution in [0.5, 0.6) is 5.75 Å². The summed E-state index contributed by atoms with van der Waals surface area (Å²) in [5.74, 6) is -0.119. The van der Waals surface area contributed by atoms with Crippen molar-refractivity contribution in [2.45, 2.75) is 48.7 Å². The molecule has 0 amide bonds. The Bertz CT molecular complexity index is 636. The van der Waals surface area contributed by atoms with Gasteiger partial charge in [0.25, 0.3) is 0 Å². The summed E-state index contributed by atoms with van der Waals surface area (Å²) in [6, 6.07) is 4.16. The number of rotatable bonds is 3. The molecule has 2 atom stereocenters. The zero-order valence-corrected chi connectivity index (χ0v) is 12.7. The van der Waals surface area contributed by atoms with Gasteiger partial charge in [-0.25, -0.2) is 12.8 Å². The van der Waals surface area contributed by atoms with Crippen molar-refractivity contribution < 1.29 is 22.7 Å². The van der Waals surface area contributed by atoms with Gasteiger partial charge in [-0.05, 0) is 50.3 Å². The number of ether oxygens (including phenoxy) is 1. The highest BCUT2D eigenvalue weighted by atomic mass is 32.2. The van der Waals surface area contributed by atoms with Crippen molar-refractivity contribution in [2.24, 2.45) is 0 Å². The summed E-state index contributed by atoms with van der Waals surface area (Å²) >= 11 is 0. The fourth-order valence-corrected chi connectivity index (χ4v) is 6.05. The summed E-state index contributed by atoms with van der Waals surface area (Å²) in [5.41, 5.74) is -0.872. The molecule has 2 bridgehead atoms. The maximum absolute atomic E-state index is 13.7. The molecule has 2 aliphatic rings. The van der Waals surface area contributed by atoms with Crippen LogP contribution in [0.3, 0.4) is 0 Å². The van der Waals surface area contributed by atoms with Crippen molar-refractivity contribution in [3.63, 3.8) is 0 Å². The van der Waals surface area contributed by atoms with E-state index < -0.39 is 31.8 Å². The van der Waals surface area contributed by atoms with E-state index in [1.807, 2.05) is 0 Å². The zero-order valence-electron chi connectivity index (χ0n) is 11.9. The number of sulfone groups is 1. The second-order valence-electron chi connectivity index (χ2n) is 5.96. The predicted octanol–water partition coefficient (Wildman–Crippen LogP) is 2.15. The quantitative estimate of drug-likeness (QED) is 0.928. The predicted molar refractivity (Wildman–Crippen MR) is 76.4 cm³/mol. The molecule has 1 aromatic carbocycles. The first-order chi connectivity index (χ1) is 9.85. The van der Waals surface area contributed by atoms with Crippen LogP contribution in [0.1, 0.15) is 38.2 Å². The van der Waals surface area contributed by atoms with Gasteiger partial charge in [-0.15, -0.1) is 0 Å². The molecule has 6 heteroatoms. The Balaban J connectivity index is 1.97. The Labute approximate surface area is 123 Å². The van der Waals surface area contributed by atoms with Gasteiger partial charge in [-0.1, -0.05) is 0 Å². The van der Waals surface area contributed by atoms with Crippen molar-refractivity contribution >= 4 is 9.84 Å². The molecule has 21 heavy (non-hydrogen) atoms. The number of benzene rings is 1. The van der Waals surface area contributed by atoms with E-state index in [1.54, 1.807) is 13.0 Å². The number of fused-ring (bicyclic) bond motifs is 2. The van der Waals surface area contributed by atoms with Gasteiger partial charge >= 0.3 is 0 Å². The Morgan fingerprint density at radius 2 is 1.90 bits per heavy atom. The van der Waals surface area contributed by atoms with E-state index in [-0.39, 0.29) is 12.8 Å². The third-order valence-corrected chi connectivity index (χ3v) is 7.25. The highest BCUT2D eigenvalue weighted by molar-refractivity contribution is 7.93. The molecule has 2 aliphatic heterocycles. The molecule has 0 saturated carbocycles. The van der Waals surface area contributed by atoms with Crippen LogP contribution in [-0.2, 0) is 15.4 Å². The van der Waals surface area contributed by atoms with Gasteiger partial charge in [0, 0.05) is 6.07 Å². The standard InChI is InChI=1S/C15H19FO4S/c1-2-20-12-6-10(5-11(16)7-12)15(17)8-13-3-4-14(9-15)21(13,18)19/h5-7,13-14,17H,2-4,8-9H2,1H3. The summed E-state index contributed by atoms with van der Waals surface area (Å²) in [5, 5.41) is 9.86. The second kappa shape index (κ2) is 4.95. The van der Waals surface area contributed by atoms with Crippen molar-refractivity contribution in [1.82, 2.24) is 0 Å². The van der Waals surface area contributed by atoms with E-state index in [0.29, 0.717) is 30.8 Å². The monoisotopic (exact) mass is 314 g/mol. The van der Waals surface area contributed by atoms with E-state index in [4.69, 9.17) is 4.74 Å². The largest absolute Gasteiger partial charge is 0.494 e. The van der Waals surface area contributed by atoms with Gasteiger partial charge in [0.15, 0.2) is 9.84 Å². The van der Waals surface area contributed by atoms with Gasteiger partial charge in [0.05, 0.1) is 22.7 Å². The normalized spacial score (nSPS) is 33.9. The molecule has 2 saturated heterocycles. The smallest absolute Gasteiger partial charge is 0.156 e. The first-order valence-corrected chi connectivity index (χ1v) is 8.85. The van der Waals surface area contributed by atoms with Crippen LogP contribution in [0.4, 0.5) is 4.39 Å². The summed E-state index contributed by atoms with van der Waals surface area (Å²) < 4.78 is 43.3. The second-order valence-corrected chi connectivity index (χ2v) is 8.47. The van der Waals surface area contributed by atoms with Crippen LogP contribution < -0.4 is 4.74 Å². The molecule has 1 aromatic rings. The van der Waals surface area contributed by atoms with Crippen LogP contribution in [0.15, 0.2) is 18.2 Å². The lowest BCUT2D eigenvalue weighted by Crippen LogP contribution is -2.43. The summed E-state index contributed by atoms with van der Waals surface area (Å²) in [6.07, 6.45) is 1.45. The molecular formula is C15H19FO4S. The molecule has 0 radical (unpaired) electrons. The molecule has 0 aromatic heterocycles. The Hall–Kier alpha value is -1.14. The van der Waals surface area contributed by atoms with Crippen LogP contribution in [-0.4, -0.2) is 30.6 Å². The van der Waals surface area contributed by atoms with E-state index in [2.05, 4.69) is 0 Å². The van der Waals surface area contributed by atoms with Crippen LogP contribution in [0.2, 0.25) is 0 Å². The number of hydrogen-bond donors (Lipinski definition) is 1. The number of aliphatic hydroxyl groups is 1. The van der Waals surface area contributed by atoms with Gasteiger partial charge in [-0.2, -0.15) is 0 Å². The molecule has 3 rings (SSSR count). The third kappa shape index (κ3) is 2.44. The minimum Gasteiger partial charge on any atom is -0.494 e. The van der Waals surface area contributed by atoms with E-state index in [1.165, 1.54) is 12.1 Å². The minimum absolute atomic E-state index is 0.140. The molecule has 4 nitrogen and oxygen atoms in total. The summed E-state index contributed by atoms with van der Waals surface area (Å²) in [7, 11) is -3.12. The third-order valence-electron chi connectivity index (χ3n) is 4.59. The molecule has 0 aliphatic carbocycles. The topological polar surface area (TPSA) is 63.6 Å². The van der Waals surface area contributed by atoms with Crippen LogP contribution >= 0.6 is 0 Å².